The van der Waals surface area contributed by atoms with Gasteiger partial charge in [0.05, 0.1) is 22.3 Å². The second kappa shape index (κ2) is 6.66. The van der Waals surface area contributed by atoms with E-state index in [4.69, 9.17) is 28.9 Å². The molecule has 0 aliphatic carbocycles. The van der Waals surface area contributed by atoms with Gasteiger partial charge in [0.1, 0.15) is 0 Å². The van der Waals surface area contributed by atoms with Gasteiger partial charge in [-0.25, -0.2) is 0 Å². The molecule has 1 amide bonds. The summed E-state index contributed by atoms with van der Waals surface area (Å²) in [7, 11) is 1.91. The number of likely N-dealkylation sites (N-methyl/N-ethyl adjacent to an activating group) is 1. The number of carbonyl (C=O) groups is 1. The Morgan fingerprint density at radius 1 is 1.35 bits per heavy atom. The van der Waals surface area contributed by atoms with Gasteiger partial charge in [0.2, 0.25) is 5.91 Å². The summed E-state index contributed by atoms with van der Waals surface area (Å²) >= 11 is 12.1. The molecule has 3 N–H and O–H groups in total. The molecule has 1 rings (SSSR count). The number of nitrogens with one attached hydrogen (secondary N) is 1. The summed E-state index contributed by atoms with van der Waals surface area (Å²) in [5.41, 5.74) is 6.43. The van der Waals surface area contributed by atoms with Crippen LogP contribution < -0.4 is 11.1 Å². The summed E-state index contributed by atoms with van der Waals surface area (Å²) in [6.45, 7) is 6.52. The van der Waals surface area contributed by atoms with Crippen LogP contribution in [-0.2, 0) is 4.79 Å². The monoisotopic (exact) mass is 317 g/mol. The van der Waals surface area contributed by atoms with Crippen molar-refractivity contribution < 1.29 is 4.79 Å². The van der Waals surface area contributed by atoms with Crippen molar-refractivity contribution in [1.29, 1.82) is 0 Å². The van der Waals surface area contributed by atoms with Crippen LogP contribution in [0.4, 0.5) is 11.4 Å². The number of amides is 1. The van der Waals surface area contributed by atoms with Gasteiger partial charge in [0.25, 0.3) is 0 Å². The molecule has 0 spiro atoms. The normalized spacial score (nSPS) is 11.8. The number of benzene rings is 1. The zero-order chi connectivity index (χ0) is 15.5. The van der Waals surface area contributed by atoms with E-state index in [1.165, 1.54) is 0 Å². The van der Waals surface area contributed by atoms with Crippen LogP contribution >= 0.6 is 23.2 Å². The van der Waals surface area contributed by atoms with Gasteiger partial charge in [0.15, 0.2) is 0 Å². The van der Waals surface area contributed by atoms with E-state index in [0.717, 1.165) is 6.42 Å². The van der Waals surface area contributed by atoms with Gasteiger partial charge in [-0.15, -0.1) is 0 Å². The predicted molar refractivity (Wildman–Crippen MR) is 86.5 cm³/mol. The minimum atomic E-state index is -0.164. The third-order valence-corrected chi connectivity index (χ3v) is 4.20. The van der Waals surface area contributed by atoms with Crippen LogP contribution in [0.5, 0.6) is 0 Å². The molecule has 1 aromatic rings. The van der Waals surface area contributed by atoms with Crippen molar-refractivity contribution in [3.63, 3.8) is 0 Å². The van der Waals surface area contributed by atoms with Crippen molar-refractivity contribution in [3.05, 3.63) is 22.2 Å². The SMILES string of the molecule is CCC(C)(C)N(C)CC(=O)Nc1c(Cl)cc(N)cc1Cl. The van der Waals surface area contributed by atoms with E-state index in [2.05, 4.69) is 26.1 Å². The first kappa shape index (κ1) is 17.1. The smallest absolute Gasteiger partial charge is 0.238 e. The molecule has 20 heavy (non-hydrogen) atoms. The van der Waals surface area contributed by atoms with Crippen LogP contribution in [0.2, 0.25) is 10.0 Å². The summed E-state index contributed by atoms with van der Waals surface area (Å²) in [5.74, 6) is -0.164. The highest BCUT2D eigenvalue weighted by molar-refractivity contribution is 6.40. The topological polar surface area (TPSA) is 58.4 Å². The van der Waals surface area contributed by atoms with Gasteiger partial charge in [-0.2, -0.15) is 0 Å². The molecule has 0 bridgehead atoms. The number of hydrogen-bond donors (Lipinski definition) is 2. The largest absolute Gasteiger partial charge is 0.399 e. The summed E-state index contributed by atoms with van der Waals surface area (Å²) in [5, 5.41) is 3.40. The highest BCUT2D eigenvalue weighted by Gasteiger charge is 2.23. The quantitative estimate of drug-likeness (QED) is 0.815. The molecule has 0 saturated heterocycles. The van der Waals surface area contributed by atoms with Crippen molar-refractivity contribution in [3.8, 4) is 0 Å². The molecule has 0 atom stereocenters. The minimum absolute atomic E-state index is 0.0496. The zero-order valence-electron chi connectivity index (χ0n) is 12.3. The molecule has 1 aromatic carbocycles. The Labute approximate surface area is 130 Å². The van der Waals surface area contributed by atoms with Crippen LogP contribution in [0.25, 0.3) is 0 Å². The lowest BCUT2D eigenvalue weighted by Gasteiger charge is -2.34. The van der Waals surface area contributed by atoms with Crippen molar-refractivity contribution in [2.75, 3.05) is 24.6 Å². The first-order valence-electron chi connectivity index (χ1n) is 6.43. The molecule has 0 aromatic heterocycles. The van der Waals surface area contributed by atoms with Crippen molar-refractivity contribution in [2.45, 2.75) is 32.7 Å². The number of nitrogens with zero attached hydrogens (tertiary/aromatic N) is 1. The molecule has 0 radical (unpaired) electrons. The standard InChI is InChI=1S/C14H21Cl2N3O/c1-5-14(2,3)19(4)8-12(20)18-13-10(15)6-9(17)7-11(13)16/h6-7H,5,8,17H2,1-4H3,(H,18,20). The van der Waals surface area contributed by atoms with Crippen molar-refractivity contribution in [2.24, 2.45) is 0 Å². The van der Waals surface area contributed by atoms with E-state index < -0.39 is 0 Å². The Kier molecular flexibility index (Phi) is 5.68. The van der Waals surface area contributed by atoms with Gasteiger partial charge in [-0.3, -0.25) is 9.69 Å². The molecule has 0 fully saturated rings. The maximum atomic E-state index is 12.1. The van der Waals surface area contributed by atoms with E-state index in [-0.39, 0.29) is 18.0 Å². The van der Waals surface area contributed by atoms with Crippen LogP contribution in [0.1, 0.15) is 27.2 Å². The molecular weight excluding hydrogens is 297 g/mol. The Bertz CT molecular complexity index is 480. The highest BCUT2D eigenvalue weighted by atomic mass is 35.5. The molecule has 0 unspecified atom stereocenters. The lowest BCUT2D eigenvalue weighted by molar-refractivity contribution is -0.118. The van der Waals surface area contributed by atoms with E-state index in [1.54, 1.807) is 12.1 Å². The van der Waals surface area contributed by atoms with Gasteiger partial charge >= 0.3 is 0 Å². The van der Waals surface area contributed by atoms with E-state index in [0.29, 0.717) is 21.4 Å². The van der Waals surface area contributed by atoms with Gasteiger partial charge < -0.3 is 11.1 Å². The number of nitrogen functional groups attached to an aromatic ring is 1. The molecule has 0 aliphatic heterocycles. The second-order valence-corrected chi connectivity index (χ2v) is 6.24. The summed E-state index contributed by atoms with van der Waals surface area (Å²) in [4.78, 5) is 14.1. The highest BCUT2D eigenvalue weighted by Crippen LogP contribution is 2.32. The number of rotatable bonds is 5. The van der Waals surface area contributed by atoms with Crippen LogP contribution in [0, 0.1) is 0 Å². The summed E-state index contributed by atoms with van der Waals surface area (Å²) < 4.78 is 0. The molecule has 6 heteroatoms. The Morgan fingerprint density at radius 2 is 1.85 bits per heavy atom. The lowest BCUT2D eigenvalue weighted by Crippen LogP contribution is -2.44. The molecule has 4 nitrogen and oxygen atoms in total. The van der Waals surface area contributed by atoms with Crippen LogP contribution in [0.3, 0.4) is 0 Å². The van der Waals surface area contributed by atoms with Crippen molar-refractivity contribution in [1.82, 2.24) is 4.90 Å². The number of nitrogens with two attached hydrogens (primary N) is 1. The number of halogens is 2. The molecule has 0 saturated carbocycles. The van der Waals surface area contributed by atoms with Crippen LogP contribution in [-0.4, -0.2) is 29.9 Å². The Hall–Kier alpha value is -0.970. The fourth-order valence-corrected chi connectivity index (χ4v) is 2.19. The van der Waals surface area contributed by atoms with E-state index >= 15 is 0 Å². The fraction of sp³-hybridized carbons (Fsp3) is 0.500. The minimum Gasteiger partial charge on any atom is -0.399 e. The Balaban J connectivity index is 2.78. The predicted octanol–water partition coefficient (Wildman–Crippen LogP) is 3.63. The first-order valence-corrected chi connectivity index (χ1v) is 7.18. The first-order chi connectivity index (χ1) is 9.17. The van der Waals surface area contributed by atoms with E-state index in [1.807, 2.05) is 11.9 Å². The third-order valence-electron chi connectivity index (χ3n) is 3.61. The second-order valence-electron chi connectivity index (χ2n) is 5.43. The molecule has 0 heterocycles. The fourth-order valence-electron chi connectivity index (χ4n) is 1.59. The van der Waals surface area contributed by atoms with Gasteiger partial charge in [-0.1, -0.05) is 30.1 Å². The molecule has 112 valence electrons. The summed E-state index contributed by atoms with van der Waals surface area (Å²) in [6, 6.07) is 3.12. The van der Waals surface area contributed by atoms with Crippen molar-refractivity contribution >= 4 is 40.5 Å². The zero-order valence-corrected chi connectivity index (χ0v) is 13.8. The maximum absolute atomic E-state index is 12.1. The number of anilines is 2. The molecular formula is C14H21Cl2N3O. The third kappa shape index (κ3) is 4.27. The van der Waals surface area contributed by atoms with Crippen LogP contribution in [0.15, 0.2) is 12.1 Å². The summed E-state index contributed by atoms with van der Waals surface area (Å²) in [6.07, 6.45) is 0.945. The number of hydrogen-bond acceptors (Lipinski definition) is 3. The average Bonchev–Trinajstić information content (AvgIpc) is 2.33. The van der Waals surface area contributed by atoms with Gasteiger partial charge in [0, 0.05) is 11.2 Å². The number of carbonyl (C=O) groups excluding carboxylic acids is 1. The lowest BCUT2D eigenvalue weighted by atomic mass is 10.0. The average molecular weight is 318 g/mol. The van der Waals surface area contributed by atoms with E-state index in [9.17, 15) is 4.79 Å². The Morgan fingerprint density at radius 3 is 2.30 bits per heavy atom. The molecule has 0 aliphatic rings. The maximum Gasteiger partial charge on any atom is 0.238 e. The van der Waals surface area contributed by atoms with Gasteiger partial charge in [-0.05, 0) is 39.4 Å².